The molecule has 0 fully saturated rings. The van der Waals surface area contributed by atoms with Crippen LogP contribution in [0.1, 0.15) is 17.1 Å². The molecule has 3 aromatic heterocycles. The van der Waals surface area contributed by atoms with Gasteiger partial charge in [0.1, 0.15) is 18.0 Å². The van der Waals surface area contributed by atoms with E-state index in [4.69, 9.17) is 0 Å². The molecule has 4 heterocycles. The molecule has 0 aliphatic carbocycles. The summed E-state index contributed by atoms with van der Waals surface area (Å²) in [6.45, 7) is 3.59. The Kier molecular flexibility index (Phi) is 2.60. The molecule has 3 aromatic rings. The Morgan fingerprint density at radius 2 is 2.05 bits per heavy atom. The van der Waals surface area contributed by atoms with E-state index in [0.717, 1.165) is 47.9 Å². The monoisotopic (exact) mass is 281 g/mol. The lowest BCUT2D eigenvalue weighted by Crippen LogP contribution is -2.32. The van der Waals surface area contributed by atoms with E-state index >= 15 is 0 Å². The molecule has 0 bridgehead atoms. The molecule has 0 atom stereocenters. The van der Waals surface area contributed by atoms with Crippen LogP contribution in [-0.2, 0) is 20.0 Å². The van der Waals surface area contributed by atoms with Gasteiger partial charge >= 0.3 is 0 Å². The van der Waals surface area contributed by atoms with Crippen molar-refractivity contribution < 1.29 is 0 Å². The van der Waals surface area contributed by atoms with E-state index in [1.807, 2.05) is 26.4 Å². The standard InChI is InChI=1S/C14H15N7/c1-9-15-5-10-7-21(4-3-12(10)19-9)14-11-6-18-20(2)13(11)16-8-17-14/h5-6,8H,3-4,7H2,1-2H3. The fourth-order valence-electron chi connectivity index (χ4n) is 2.80. The highest BCUT2D eigenvalue weighted by Gasteiger charge is 2.21. The van der Waals surface area contributed by atoms with Crippen LogP contribution in [0.25, 0.3) is 11.0 Å². The first-order valence-electron chi connectivity index (χ1n) is 6.91. The number of rotatable bonds is 1. The molecule has 0 radical (unpaired) electrons. The summed E-state index contributed by atoms with van der Waals surface area (Å²) in [7, 11) is 1.89. The van der Waals surface area contributed by atoms with Gasteiger partial charge in [0.2, 0.25) is 0 Å². The topological polar surface area (TPSA) is 72.6 Å². The molecule has 21 heavy (non-hydrogen) atoms. The smallest absolute Gasteiger partial charge is 0.163 e. The molecule has 0 amide bonds. The van der Waals surface area contributed by atoms with Crippen LogP contribution in [0.3, 0.4) is 0 Å². The van der Waals surface area contributed by atoms with Gasteiger partial charge in [-0.3, -0.25) is 4.68 Å². The average molecular weight is 281 g/mol. The minimum Gasteiger partial charge on any atom is -0.351 e. The normalized spacial score (nSPS) is 14.5. The largest absolute Gasteiger partial charge is 0.351 e. The zero-order chi connectivity index (χ0) is 14.4. The number of nitrogens with zero attached hydrogens (tertiary/aromatic N) is 7. The van der Waals surface area contributed by atoms with E-state index in [2.05, 4.69) is 29.9 Å². The molecule has 0 unspecified atom stereocenters. The molecule has 1 aliphatic rings. The van der Waals surface area contributed by atoms with Crippen molar-refractivity contribution in [3.63, 3.8) is 0 Å². The second-order valence-corrected chi connectivity index (χ2v) is 5.26. The number of hydrogen-bond donors (Lipinski definition) is 0. The van der Waals surface area contributed by atoms with Crippen molar-refractivity contribution in [2.75, 3.05) is 11.4 Å². The molecule has 7 heteroatoms. The lowest BCUT2D eigenvalue weighted by molar-refractivity contribution is 0.693. The summed E-state index contributed by atoms with van der Waals surface area (Å²) in [6.07, 6.45) is 6.25. The molecule has 0 saturated carbocycles. The van der Waals surface area contributed by atoms with Crippen molar-refractivity contribution in [1.82, 2.24) is 29.7 Å². The second kappa shape index (κ2) is 4.47. The summed E-state index contributed by atoms with van der Waals surface area (Å²) in [5.74, 6) is 1.76. The Labute approximate surface area is 121 Å². The van der Waals surface area contributed by atoms with Gasteiger partial charge in [-0.2, -0.15) is 5.10 Å². The van der Waals surface area contributed by atoms with Crippen LogP contribution in [0, 0.1) is 6.92 Å². The maximum absolute atomic E-state index is 4.52. The van der Waals surface area contributed by atoms with Crippen molar-refractivity contribution in [2.24, 2.45) is 7.05 Å². The summed E-state index contributed by atoms with van der Waals surface area (Å²) in [4.78, 5) is 19.8. The van der Waals surface area contributed by atoms with Crippen molar-refractivity contribution >= 4 is 16.9 Å². The van der Waals surface area contributed by atoms with Gasteiger partial charge in [0.25, 0.3) is 0 Å². The van der Waals surface area contributed by atoms with Crippen LogP contribution < -0.4 is 4.90 Å². The van der Waals surface area contributed by atoms with E-state index in [1.54, 1.807) is 11.0 Å². The Hall–Kier alpha value is -2.57. The van der Waals surface area contributed by atoms with E-state index in [1.165, 1.54) is 5.56 Å². The Morgan fingerprint density at radius 1 is 1.14 bits per heavy atom. The van der Waals surface area contributed by atoms with Crippen LogP contribution >= 0.6 is 0 Å². The molecule has 4 rings (SSSR count). The lowest BCUT2D eigenvalue weighted by atomic mass is 10.1. The SMILES string of the molecule is Cc1ncc2c(n1)CCN(c1ncnc3c1cnn3C)C2. The predicted molar refractivity (Wildman–Crippen MR) is 77.8 cm³/mol. The highest BCUT2D eigenvalue weighted by atomic mass is 15.3. The summed E-state index contributed by atoms with van der Waals surface area (Å²) in [5, 5.41) is 5.25. The summed E-state index contributed by atoms with van der Waals surface area (Å²) < 4.78 is 1.77. The molecular weight excluding hydrogens is 266 g/mol. The third-order valence-corrected chi connectivity index (χ3v) is 3.86. The fraction of sp³-hybridized carbons (Fsp3) is 0.357. The third-order valence-electron chi connectivity index (χ3n) is 3.86. The van der Waals surface area contributed by atoms with Crippen molar-refractivity contribution in [1.29, 1.82) is 0 Å². The number of fused-ring (bicyclic) bond motifs is 2. The quantitative estimate of drug-likeness (QED) is 0.663. The number of aromatic nitrogens is 6. The minimum absolute atomic E-state index is 0.774. The molecule has 1 aliphatic heterocycles. The van der Waals surface area contributed by atoms with E-state index in [-0.39, 0.29) is 0 Å². The zero-order valence-electron chi connectivity index (χ0n) is 12.0. The van der Waals surface area contributed by atoms with Crippen LogP contribution in [0.5, 0.6) is 0 Å². The van der Waals surface area contributed by atoms with Crippen LogP contribution in [0.2, 0.25) is 0 Å². The predicted octanol–water partition coefficient (Wildman–Crippen LogP) is 1.02. The first-order chi connectivity index (χ1) is 10.2. The zero-order valence-corrected chi connectivity index (χ0v) is 12.0. The maximum atomic E-state index is 4.52. The van der Waals surface area contributed by atoms with Gasteiger partial charge in [-0.25, -0.2) is 19.9 Å². The highest BCUT2D eigenvalue weighted by molar-refractivity contribution is 5.86. The van der Waals surface area contributed by atoms with Gasteiger partial charge in [-0.15, -0.1) is 0 Å². The number of anilines is 1. The maximum Gasteiger partial charge on any atom is 0.163 e. The fourth-order valence-corrected chi connectivity index (χ4v) is 2.80. The van der Waals surface area contributed by atoms with Gasteiger partial charge in [0.05, 0.1) is 17.3 Å². The van der Waals surface area contributed by atoms with Crippen LogP contribution in [-0.4, -0.2) is 36.3 Å². The lowest BCUT2D eigenvalue weighted by Gasteiger charge is -2.29. The summed E-state index contributed by atoms with van der Waals surface area (Å²) in [5.41, 5.74) is 3.17. The number of aryl methyl sites for hydroxylation is 2. The highest BCUT2D eigenvalue weighted by Crippen LogP contribution is 2.26. The third kappa shape index (κ3) is 1.93. The van der Waals surface area contributed by atoms with Crippen LogP contribution in [0.4, 0.5) is 5.82 Å². The van der Waals surface area contributed by atoms with E-state index in [9.17, 15) is 0 Å². The molecular formula is C14H15N7. The first-order valence-corrected chi connectivity index (χ1v) is 6.91. The summed E-state index contributed by atoms with van der Waals surface area (Å²) in [6, 6.07) is 0. The first kappa shape index (κ1) is 12.2. The Bertz CT molecular complexity index is 823. The molecule has 0 saturated heterocycles. The van der Waals surface area contributed by atoms with Gasteiger partial charge < -0.3 is 4.90 Å². The average Bonchev–Trinajstić information content (AvgIpc) is 2.88. The molecule has 7 nitrogen and oxygen atoms in total. The van der Waals surface area contributed by atoms with Gasteiger partial charge in [0.15, 0.2) is 5.65 Å². The Balaban J connectivity index is 1.75. The summed E-state index contributed by atoms with van der Waals surface area (Å²) >= 11 is 0. The van der Waals surface area contributed by atoms with E-state index in [0.29, 0.717) is 0 Å². The second-order valence-electron chi connectivity index (χ2n) is 5.26. The van der Waals surface area contributed by atoms with Crippen molar-refractivity contribution in [2.45, 2.75) is 19.9 Å². The van der Waals surface area contributed by atoms with Crippen LogP contribution in [0.15, 0.2) is 18.7 Å². The van der Waals surface area contributed by atoms with Gasteiger partial charge in [0, 0.05) is 38.3 Å². The van der Waals surface area contributed by atoms with Crippen molar-refractivity contribution in [3.8, 4) is 0 Å². The number of hydrogen-bond acceptors (Lipinski definition) is 6. The molecule has 0 N–H and O–H groups in total. The molecule has 106 valence electrons. The van der Waals surface area contributed by atoms with E-state index < -0.39 is 0 Å². The Morgan fingerprint density at radius 3 is 2.95 bits per heavy atom. The molecule has 0 aromatic carbocycles. The minimum atomic E-state index is 0.774. The molecule has 0 spiro atoms. The van der Waals surface area contributed by atoms with Gasteiger partial charge in [-0.05, 0) is 6.92 Å². The van der Waals surface area contributed by atoms with Crippen molar-refractivity contribution in [3.05, 3.63) is 35.8 Å². The van der Waals surface area contributed by atoms with Gasteiger partial charge in [-0.1, -0.05) is 0 Å².